The van der Waals surface area contributed by atoms with E-state index in [9.17, 15) is 0 Å². The van der Waals surface area contributed by atoms with Gasteiger partial charge in [0, 0.05) is 17.3 Å². The molecule has 10 heteroatoms. The summed E-state index contributed by atoms with van der Waals surface area (Å²) in [7, 11) is 0. The van der Waals surface area contributed by atoms with E-state index >= 15 is 0 Å². The lowest BCUT2D eigenvalue weighted by Gasteiger charge is -2.25. The zero-order valence-corrected chi connectivity index (χ0v) is 17.1. The average molecular weight is 427 g/mol. The Balaban J connectivity index is 0.000000409. The highest BCUT2D eigenvalue weighted by Crippen LogP contribution is 2.20. The maximum atomic E-state index is 9.10. The van der Waals surface area contributed by atoms with Gasteiger partial charge in [-0.1, -0.05) is 35.9 Å². The Morgan fingerprint density at radius 2 is 1.86 bits per heavy atom. The summed E-state index contributed by atoms with van der Waals surface area (Å²) in [5.74, 6) is -1.72. The van der Waals surface area contributed by atoms with Crippen molar-refractivity contribution in [3.8, 4) is 5.69 Å². The van der Waals surface area contributed by atoms with Gasteiger partial charge in [0.2, 0.25) is 5.16 Å². The fraction of sp³-hybridized carbons (Fsp3) is 0.444. The molecule has 2 aromatic rings. The van der Waals surface area contributed by atoms with Crippen LogP contribution in [0.3, 0.4) is 0 Å². The van der Waals surface area contributed by atoms with Gasteiger partial charge >= 0.3 is 11.9 Å². The minimum absolute atomic E-state index is 0.715. The molecule has 3 rings (SSSR count). The molecule has 0 amide bonds. The molecule has 0 saturated carbocycles. The van der Waals surface area contributed by atoms with Gasteiger partial charge in [-0.3, -0.25) is 0 Å². The lowest BCUT2D eigenvalue weighted by Crippen LogP contribution is -2.31. The predicted molar refractivity (Wildman–Crippen MR) is 107 cm³/mol. The third kappa shape index (κ3) is 7.14. The van der Waals surface area contributed by atoms with Gasteiger partial charge in [-0.05, 0) is 51.1 Å². The Kier molecular flexibility index (Phi) is 8.75. The number of thioether (sulfide) groups is 1. The van der Waals surface area contributed by atoms with Crippen molar-refractivity contribution in [3.63, 3.8) is 0 Å². The van der Waals surface area contributed by atoms with Crippen molar-refractivity contribution in [1.29, 1.82) is 0 Å². The first-order valence-electron chi connectivity index (χ1n) is 8.88. The molecule has 0 unspecified atom stereocenters. The molecule has 2 heterocycles. The van der Waals surface area contributed by atoms with Crippen molar-refractivity contribution < 1.29 is 19.8 Å². The Morgan fingerprint density at radius 1 is 1.18 bits per heavy atom. The quantitative estimate of drug-likeness (QED) is 0.554. The second-order valence-corrected chi connectivity index (χ2v) is 7.69. The number of carboxylic acid groups (broad SMARTS) is 2. The van der Waals surface area contributed by atoms with Crippen molar-refractivity contribution in [1.82, 2.24) is 19.7 Å². The molecule has 2 N–H and O–H groups in total. The molecule has 1 saturated heterocycles. The van der Waals surface area contributed by atoms with Crippen LogP contribution in [0.5, 0.6) is 0 Å². The van der Waals surface area contributed by atoms with E-state index < -0.39 is 11.9 Å². The molecule has 0 atom stereocenters. The van der Waals surface area contributed by atoms with Crippen LogP contribution in [0.15, 0.2) is 29.4 Å². The third-order valence-corrected chi connectivity index (χ3v) is 5.13. The van der Waals surface area contributed by atoms with Gasteiger partial charge in [-0.2, -0.15) is 0 Å². The SMILES string of the molecule is Cc1nc(SCCN2CCCCC2)nn1-c1cccc(Cl)c1.O=C(O)C(=O)O. The second-order valence-electron chi connectivity index (χ2n) is 6.19. The Bertz CT molecular complexity index is 797. The smallest absolute Gasteiger partial charge is 0.414 e. The minimum Gasteiger partial charge on any atom is -0.473 e. The van der Waals surface area contributed by atoms with Crippen molar-refractivity contribution in [2.24, 2.45) is 0 Å². The summed E-state index contributed by atoms with van der Waals surface area (Å²) in [4.78, 5) is 25.3. The monoisotopic (exact) mass is 426 g/mol. The molecule has 0 spiro atoms. The number of hydrogen-bond donors (Lipinski definition) is 2. The number of carbonyl (C=O) groups is 2. The summed E-state index contributed by atoms with van der Waals surface area (Å²) < 4.78 is 1.86. The highest BCUT2D eigenvalue weighted by atomic mass is 35.5. The van der Waals surface area contributed by atoms with Crippen LogP contribution >= 0.6 is 23.4 Å². The zero-order valence-electron chi connectivity index (χ0n) is 15.5. The summed E-state index contributed by atoms with van der Waals surface area (Å²) in [6.45, 7) is 5.58. The van der Waals surface area contributed by atoms with Crippen LogP contribution in [0.1, 0.15) is 25.1 Å². The molecule has 1 aliphatic heterocycles. The lowest BCUT2D eigenvalue weighted by atomic mass is 10.1. The molecule has 1 fully saturated rings. The maximum absolute atomic E-state index is 9.10. The number of piperidine rings is 1. The van der Waals surface area contributed by atoms with E-state index in [-0.39, 0.29) is 0 Å². The zero-order chi connectivity index (χ0) is 20.5. The van der Waals surface area contributed by atoms with E-state index in [2.05, 4.69) is 15.0 Å². The molecule has 1 aromatic heterocycles. The van der Waals surface area contributed by atoms with Gasteiger partial charge < -0.3 is 15.1 Å². The fourth-order valence-corrected chi connectivity index (χ4v) is 3.78. The summed E-state index contributed by atoms with van der Waals surface area (Å²) >= 11 is 7.78. The molecule has 0 bridgehead atoms. The van der Waals surface area contributed by atoms with Gasteiger partial charge in [-0.15, -0.1) is 5.10 Å². The molecule has 28 heavy (non-hydrogen) atoms. The van der Waals surface area contributed by atoms with E-state index in [4.69, 9.17) is 31.4 Å². The van der Waals surface area contributed by atoms with E-state index in [0.717, 1.165) is 29.0 Å². The summed E-state index contributed by atoms with van der Waals surface area (Å²) in [5.41, 5.74) is 0.959. The molecule has 0 radical (unpaired) electrons. The highest BCUT2D eigenvalue weighted by molar-refractivity contribution is 7.99. The van der Waals surface area contributed by atoms with Crippen molar-refractivity contribution in [2.45, 2.75) is 31.3 Å². The van der Waals surface area contributed by atoms with E-state index in [0.29, 0.717) is 5.02 Å². The number of aromatic nitrogens is 3. The number of halogens is 1. The Hall–Kier alpha value is -2.10. The van der Waals surface area contributed by atoms with Crippen LogP contribution in [0.25, 0.3) is 5.69 Å². The van der Waals surface area contributed by atoms with Gasteiger partial charge in [0.1, 0.15) is 5.82 Å². The topological polar surface area (TPSA) is 109 Å². The number of nitrogens with zero attached hydrogens (tertiary/aromatic N) is 4. The number of likely N-dealkylation sites (tertiary alicyclic amines) is 1. The van der Waals surface area contributed by atoms with E-state index in [1.807, 2.05) is 35.9 Å². The van der Waals surface area contributed by atoms with E-state index in [1.165, 1.54) is 32.4 Å². The summed E-state index contributed by atoms with van der Waals surface area (Å²) in [6, 6.07) is 7.70. The first-order valence-corrected chi connectivity index (χ1v) is 10.2. The molecule has 1 aromatic carbocycles. The molecular weight excluding hydrogens is 404 g/mol. The van der Waals surface area contributed by atoms with Crippen molar-refractivity contribution in [2.75, 3.05) is 25.4 Å². The maximum Gasteiger partial charge on any atom is 0.414 e. The molecule has 0 aliphatic carbocycles. The molecule has 152 valence electrons. The second kappa shape index (κ2) is 11.0. The first kappa shape index (κ1) is 22.2. The Labute approximate surface area is 172 Å². The number of aryl methyl sites for hydroxylation is 1. The van der Waals surface area contributed by atoms with E-state index in [1.54, 1.807) is 11.8 Å². The largest absolute Gasteiger partial charge is 0.473 e. The molecule has 8 nitrogen and oxygen atoms in total. The number of benzene rings is 1. The van der Waals surface area contributed by atoms with Crippen molar-refractivity contribution in [3.05, 3.63) is 35.1 Å². The third-order valence-electron chi connectivity index (χ3n) is 4.07. The fourth-order valence-electron chi connectivity index (χ4n) is 2.73. The highest BCUT2D eigenvalue weighted by Gasteiger charge is 2.12. The van der Waals surface area contributed by atoms with Gasteiger partial charge in [-0.25, -0.2) is 19.3 Å². The van der Waals surface area contributed by atoms with Crippen LogP contribution in [-0.4, -0.2) is 67.2 Å². The van der Waals surface area contributed by atoms with Crippen LogP contribution < -0.4 is 0 Å². The number of hydrogen-bond acceptors (Lipinski definition) is 6. The molecular formula is C18H23ClN4O4S. The van der Waals surface area contributed by atoms with Gasteiger partial charge in [0.25, 0.3) is 0 Å². The summed E-state index contributed by atoms with van der Waals surface area (Å²) in [6.07, 6.45) is 4.06. The van der Waals surface area contributed by atoms with Crippen molar-refractivity contribution >= 4 is 35.3 Å². The molecule has 1 aliphatic rings. The van der Waals surface area contributed by atoms with Crippen LogP contribution in [-0.2, 0) is 9.59 Å². The van der Waals surface area contributed by atoms with Crippen LogP contribution in [0.2, 0.25) is 5.02 Å². The average Bonchev–Trinajstić information content (AvgIpc) is 3.03. The lowest BCUT2D eigenvalue weighted by molar-refractivity contribution is -0.159. The van der Waals surface area contributed by atoms with Gasteiger partial charge in [0.05, 0.1) is 5.69 Å². The normalized spacial score (nSPS) is 14.2. The number of rotatable bonds is 5. The van der Waals surface area contributed by atoms with Gasteiger partial charge in [0.15, 0.2) is 0 Å². The first-order chi connectivity index (χ1) is 13.4. The number of aliphatic carboxylic acids is 2. The predicted octanol–water partition coefficient (Wildman–Crippen LogP) is 2.96. The number of carboxylic acids is 2. The van der Waals surface area contributed by atoms with Crippen LogP contribution in [0.4, 0.5) is 0 Å². The summed E-state index contributed by atoms with van der Waals surface area (Å²) in [5, 5.41) is 20.9. The van der Waals surface area contributed by atoms with Crippen LogP contribution in [0, 0.1) is 6.92 Å². The Morgan fingerprint density at radius 3 is 2.46 bits per heavy atom. The standard InChI is InChI=1S/C16H21ClN4S.C2H2O4/c1-13-18-16(22-11-10-20-8-3-2-4-9-20)19-21(13)15-7-5-6-14(17)12-15;3-1(4)2(5)6/h5-7,12H,2-4,8-11H2,1H3;(H,3,4)(H,5,6). The minimum atomic E-state index is -1.82.